The molecule has 2 aromatic rings. The summed E-state index contributed by atoms with van der Waals surface area (Å²) in [6, 6.07) is 10.8. The van der Waals surface area contributed by atoms with Gasteiger partial charge < -0.3 is 4.55 Å². The zero-order valence-electron chi connectivity index (χ0n) is 18.8. The van der Waals surface area contributed by atoms with Crippen LogP contribution in [-0.2, 0) is 34.6 Å². The molecule has 0 amide bonds. The first-order valence-corrected chi connectivity index (χ1v) is 12.3. The molecule has 0 aliphatic rings. The summed E-state index contributed by atoms with van der Waals surface area (Å²) in [7, 11) is -1.43. The maximum absolute atomic E-state index is 9.22. The highest BCUT2D eigenvalue weighted by Crippen LogP contribution is 2.12. The minimum atomic E-state index is -4.41. The Bertz CT molecular complexity index is 789. The number of hydrogen-bond donors (Lipinski definition) is 0. The van der Waals surface area contributed by atoms with Crippen LogP contribution >= 0.6 is 0 Å². The Labute approximate surface area is 182 Å². The Morgan fingerprint density at radius 2 is 1.50 bits per heavy atom. The van der Waals surface area contributed by atoms with E-state index in [4.69, 9.17) is 0 Å². The highest BCUT2D eigenvalue weighted by atomic mass is 32.3. The normalized spacial score (nSPS) is 11.2. The smallest absolute Gasteiger partial charge is 0.256 e. The van der Waals surface area contributed by atoms with Gasteiger partial charge in [0, 0.05) is 6.42 Å². The monoisotopic (exact) mass is 438 g/mol. The van der Waals surface area contributed by atoms with Crippen LogP contribution in [0.2, 0.25) is 0 Å². The highest BCUT2D eigenvalue weighted by molar-refractivity contribution is 7.80. The van der Waals surface area contributed by atoms with Gasteiger partial charge in [0.25, 0.3) is 5.82 Å². The summed E-state index contributed by atoms with van der Waals surface area (Å²) >= 11 is 0. The van der Waals surface area contributed by atoms with Crippen LogP contribution in [0.3, 0.4) is 0 Å². The number of benzene rings is 1. The summed E-state index contributed by atoms with van der Waals surface area (Å²) in [5, 5.41) is 0. The van der Waals surface area contributed by atoms with Crippen molar-refractivity contribution in [3.05, 3.63) is 54.1 Å². The molecule has 0 unspecified atom stereocenters. The van der Waals surface area contributed by atoms with Gasteiger partial charge in [0.15, 0.2) is 0 Å². The highest BCUT2D eigenvalue weighted by Gasteiger charge is 2.14. The molecule has 0 bridgehead atoms. The molecule has 0 aliphatic heterocycles. The van der Waals surface area contributed by atoms with E-state index in [1.807, 2.05) is 0 Å². The van der Waals surface area contributed by atoms with Crippen molar-refractivity contribution >= 4 is 10.4 Å². The average molecular weight is 439 g/mol. The van der Waals surface area contributed by atoms with Crippen LogP contribution in [0.1, 0.15) is 76.1 Å². The van der Waals surface area contributed by atoms with Crippen LogP contribution in [0.25, 0.3) is 0 Å². The lowest BCUT2D eigenvalue weighted by Crippen LogP contribution is -2.32. The van der Waals surface area contributed by atoms with Crippen molar-refractivity contribution in [2.45, 2.75) is 77.7 Å². The predicted molar refractivity (Wildman–Crippen MR) is 119 cm³/mol. The summed E-state index contributed by atoms with van der Waals surface area (Å²) in [6.45, 7) is 3.27. The van der Waals surface area contributed by atoms with E-state index >= 15 is 0 Å². The second kappa shape index (κ2) is 15.2. The molecule has 6 nitrogen and oxygen atoms in total. The lowest BCUT2D eigenvalue weighted by Gasteiger charge is -2.04. The Morgan fingerprint density at radius 1 is 0.967 bits per heavy atom. The number of aromatic nitrogens is 2. The molecular formula is C23H38N2O4S. The number of imidazole rings is 1. The lowest BCUT2D eigenvalue weighted by atomic mass is 10.1. The van der Waals surface area contributed by atoms with E-state index in [1.54, 1.807) is 0 Å². The third kappa shape index (κ3) is 12.1. The van der Waals surface area contributed by atoms with E-state index in [-0.39, 0.29) is 0 Å². The first-order chi connectivity index (χ1) is 14.4. The largest absolute Gasteiger partial charge is 0.726 e. The summed E-state index contributed by atoms with van der Waals surface area (Å²) in [6.07, 6.45) is 18.1. The van der Waals surface area contributed by atoms with Crippen molar-refractivity contribution in [1.82, 2.24) is 4.57 Å². The topological polar surface area (TPSA) is 75.2 Å². The molecule has 0 radical (unpaired) electrons. The third-order valence-corrected chi connectivity index (χ3v) is 5.52. The summed E-state index contributed by atoms with van der Waals surface area (Å²) in [5.74, 6) is 1.45. The molecule has 0 saturated carbocycles. The van der Waals surface area contributed by atoms with Gasteiger partial charge in [-0.15, -0.1) is 0 Å². The fraction of sp³-hybridized carbons (Fsp3) is 0.609. The SMILES string of the molecule is CCCCCCCCCCCc1n(Cc2ccccc2)cc[n+]1C.COS(=O)(=O)[O-]. The molecule has 1 aromatic carbocycles. The quantitative estimate of drug-likeness (QED) is 0.199. The van der Waals surface area contributed by atoms with Gasteiger partial charge >= 0.3 is 0 Å². The number of unbranched alkanes of at least 4 members (excludes halogenated alkanes) is 8. The van der Waals surface area contributed by atoms with Gasteiger partial charge in [0.2, 0.25) is 10.4 Å². The van der Waals surface area contributed by atoms with Gasteiger partial charge in [0.1, 0.15) is 18.9 Å². The Kier molecular flexibility index (Phi) is 13.3. The van der Waals surface area contributed by atoms with Crippen LogP contribution < -0.4 is 4.57 Å². The molecule has 0 N–H and O–H groups in total. The molecule has 0 fully saturated rings. The fourth-order valence-electron chi connectivity index (χ4n) is 3.39. The van der Waals surface area contributed by atoms with Crippen LogP contribution in [0.5, 0.6) is 0 Å². The maximum atomic E-state index is 9.22. The molecule has 2 rings (SSSR count). The second-order valence-electron chi connectivity index (χ2n) is 7.59. The molecule has 170 valence electrons. The van der Waals surface area contributed by atoms with Crippen molar-refractivity contribution < 1.29 is 21.7 Å². The van der Waals surface area contributed by atoms with E-state index in [1.165, 1.54) is 75.6 Å². The van der Waals surface area contributed by atoms with E-state index in [2.05, 4.69) is 70.0 Å². The molecular weight excluding hydrogens is 400 g/mol. The Hall–Kier alpha value is -1.70. The van der Waals surface area contributed by atoms with Crippen molar-refractivity contribution in [2.24, 2.45) is 7.05 Å². The number of aryl methyl sites for hydroxylation is 1. The van der Waals surface area contributed by atoms with Crippen LogP contribution in [0, 0.1) is 0 Å². The standard InChI is InChI=1S/C22H35N2.CH4O4S/c1-3-4-5-6-7-8-9-10-14-17-22-23(2)18-19-24(22)20-21-15-12-11-13-16-21;1-5-6(2,3)4/h11-13,15-16,18-19H,3-10,14,17,20H2,1-2H3;1H3,(H,2,3,4)/q+1;/p-1. The molecule has 0 aliphatic carbocycles. The van der Waals surface area contributed by atoms with Gasteiger partial charge in [-0.05, 0) is 12.0 Å². The van der Waals surface area contributed by atoms with Crippen molar-refractivity contribution in [3.8, 4) is 0 Å². The Balaban J connectivity index is 0.000000656. The Morgan fingerprint density at radius 3 is 2.03 bits per heavy atom. The molecule has 7 heteroatoms. The summed E-state index contributed by atoms with van der Waals surface area (Å²) in [5.41, 5.74) is 1.38. The maximum Gasteiger partial charge on any atom is 0.256 e. The van der Waals surface area contributed by atoms with Gasteiger partial charge in [-0.3, -0.25) is 4.18 Å². The van der Waals surface area contributed by atoms with Gasteiger partial charge in [-0.2, -0.15) is 0 Å². The molecule has 0 atom stereocenters. The zero-order chi connectivity index (χ0) is 22.2. The second-order valence-corrected chi connectivity index (χ2v) is 8.74. The fourth-order valence-corrected chi connectivity index (χ4v) is 3.39. The van der Waals surface area contributed by atoms with Gasteiger partial charge in [-0.25, -0.2) is 17.6 Å². The summed E-state index contributed by atoms with van der Waals surface area (Å²) < 4.78 is 35.7. The summed E-state index contributed by atoms with van der Waals surface area (Å²) in [4.78, 5) is 0. The van der Waals surface area contributed by atoms with E-state index in [0.29, 0.717) is 0 Å². The molecule has 0 saturated heterocycles. The molecule has 0 spiro atoms. The molecule has 1 heterocycles. The van der Waals surface area contributed by atoms with Crippen molar-refractivity contribution in [2.75, 3.05) is 7.11 Å². The zero-order valence-corrected chi connectivity index (χ0v) is 19.6. The van der Waals surface area contributed by atoms with Gasteiger partial charge in [-0.1, -0.05) is 88.6 Å². The molecule has 1 aromatic heterocycles. The number of nitrogens with zero attached hydrogens (tertiary/aromatic N) is 2. The van der Waals surface area contributed by atoms with Gasteiger partial charge in [0.05, 0.1) is 14.2 Å². The minimum absolute atomic E-state index is 0.808. The first kappa shape index (κ1) is 26.3. The van der Waals surface area contributed by atoms with Crippen LogP contribution in [0.15, 0.2) is 42.7 Å². The number of rotatable bonds is 13. The number of hydrogen-bond acceptors (Lipinski definition) is 4. The van der Waals surface area contributed by atoms with Crippen LogP contribution in [-0.4, -0.2) is 24.6 Å². The third-order valence-electron chi connectivity index (χ3n) is 5.11. The minimum Gasteiger partial charge on any atom is -0.726 e. The average Bonchev–Trinajstić information content (AvgIpc) is 3.07. The van der Waals surface area contributed by atoms with Crippen molar-refractivity contribution in [3.63, 3.8) is 0 Å². The van der Waals surface area contributed by atoms with E-state index in [0.717, 1.165) is 13.7 Å². The predicted octanol–water partition coefficient (Wildman–Crippen LogP) is 4.53. The van der Waals surface area contributed by atoms with E-state index in [9.17, 15) is 13.0 Å². The van der Waals surface area contributed by atoms with E-state index < -0.39 is 10.4 Å². The van der Waals surface area contributed by atoms with Crippen LogP contribution in [0.4, 0.5) is 0 Å². The van der Waals surface area contributed by atoms with Crippen molar-refractivity contribution in [1.29, 1.82) is 0 Å². The first-order valence-electron chi connectivity index (χ1n) is 11.0. The molecule has 30 heavy (non-hydrogen) atoms. The lowest BCUT2D eigenvalue weighted by molar-refractivity contribution is -0.678.